The van der Waals surface area contributed by atoms with Crippen LogP contribution in [0.5, 0.6) is 0 Å². The average Bonchev–Trinajstić information content (AvgIpc) is 3.20. The molecule has 0 spiro atoms. The van der Waals surface area contributed by atoms with Crippen LogP contribution in [-0.4, -0.2) is 19.7 Å². The van der Waals surface area contributed by atoms with Crippen LogP contribution in [0.3, 0.4) is 0 Å². The van der Waals surface area contributed by atoms with E-state index in [1.54, 1.807) is 11.3 Å². The van der Waals surface area contributed by atoms with Crippen molar-refractivity contribution in [2.24, 2.45) is 0 Å². The second-order valence-electron chi connectivity index (χ2n) is 6.25. The zero-order chi connectivity index (χ0) is 15.3. The van der Waals surface area contributed by atoms with E-state index in [1.165, 1.54) is 18.4 Å². The van der Waals surface area contributed by atoms with Gasteiger partial charge in [0.2, 0.25) is 4.96 Å². The monoisotopic (exact) mass is 313 g/mol. The first kappa shape index (κ1) is 13.9. The Hall–Kier alpha value is -1.72. The molecule has 0 radical (unpaired) electrons. The number of nitrogens with zero attached hydrogens (tertiary/aromatic N) is 3. The standard InChI is InChI=1S/C17H19N3OS/c1-10(2)11-3-5-12(6-4-11)15-14(9-21)20-17(18-15)22-16(19-20)13-7-8-13/h3-6,10,13,21H,7-9H2,1-2H3. The van der Waals surface area contributed by atoms with Crippen LogP contribution in [0.2, 0.25) is 0 Å². The van der Waals surface area contributed by atoms with E-state index < -0.39 is 0 Å². The van der Waals surface area contributed by atoms with Gasteiger partial charge in [-0.05, 0) is 24.3 Å². The summed E-state index contributed by atoms with van der Waals surface area (Å²) in [5, 5.41) is 15.6. The maximum absolute atomic E-state index is 9.78. The minimum absolute atomic E-state index is 0.0454. The molecule has 1 saturated carbocycles. The molecule has 4 rings (SSSR count). The number of hydrogen-bond donors (Lipinski definition) is 1. The van der Waals surface area contributed by atoms with Crippen LogP contribution in [0.25, 0.3) is 16.2 Å². The molecule has 1 aliphatic carbocycles. The van der Waals surface area contributed by atoms with Crippen LogP contribution in [0.1, 0.15) is 54.8 Å². The fourth-order valence-corrected chi connectivity index (χ4v) is 3.79. The summed E-state index contributed by atoms with van der Waals surface area (Å²) in [6.45, 7) is 4.32. The summed E-state index contributed by atoms with van der Waals surface area (Å²) in [7, 11) is 0. The highest BCUT2D eigenvalue weighted by Crippen LogP contribution is 2.42. The van der Waals surface area contributed by atoms with E-state index in [2.05, 4.69) is 43.2 Å². The smallest absolute Gasteiger partial charge is 0.213 e. The van der Waals surface area contributed by atoms with Gasteiger partial charge in [-0.3, -0.25) is 0 Å². The van der Waals surface area contributed by atoms with Crippen molar-refractivity contribution in [1.29, 1.82) is 0 Å². The van der Waals surface area contributed by atoms with Crippen molar-refractivity contribution < 1.29 is 5.11 Å². The van der Waals surface area contributed by atoms with Gasteiger partial charge >= 0.3 is 0 Å². The first-order valence-electron chi connectivity index (χ1n) is 7.77. The number of fused-ring (bicyclic) bond motifs is 1. The molecule has 5 heteroatoms. The summed E-state index contributed by atoms with van der Waals surface area (Å²) in [6.07, 6.45) is 2.46. The summed E-state index contributed by atoms with van der Waals surface area (Å²) in [4.78, 5) is 5.60. The van der Waals surface area contributed by atoms with Crippen molar-refractivity contribution in [3.8, 4) is 11.3 Å². The van der Waals surface area contributed by atoms with E-state index in [9.17, 15) is 5.11 Å². The van der Waals surface area contributed by atoms with Crippen LogP contribution in [-0.2, 0) is 6.61 Å². The number of benzene rings is 1. The van der Waals surface area contributed by atoms with Crippen LogP contribution in [0.4, 0.5) is 0 Å². The van der Waals surface area contributed by atoms with E-state index in [0.717, 1.165) is 26.9 Å². The Bertz CT molecular complexity index is 812. The van der Waals surface area contributed by atoms with Gasteiger partial charge < -0.3 is 5.11 Å². The van der Waals surface area contributed by atoms with E-state index in [4.69, 9.17) is 4.98 Å². The SMILES string of the molecule is CC(C)c1ccc(-c2nc3sc(C4CC4)nn3c2CO)cc1. The third kappa shape index (κ3) is 2.25. The molecular weight excluding hydrogens is 294 g/mol. The van der Waals surface area contributed by atoms with Crippen LogP contribution < -0.4 is 0 Å². The Kier molecular flexibility index (Phi) is 3.27. The fourth-order valence-electron chi connectivity index (χ4n) is 2.70. The Morgan fingerprint density at radius 3 is 2.59 bits per heavy atom. The van der Waals surface area contributed by atoms with Gasteiger partial charge in [-0.1, -0.05) is 49.4 Å². The van der Waals surface area contributed by atoms with Gasteiger partial charge in [0.15, 0.2) is 0 Å². The number of imidazole rings is 1. The lowest BCUT2D eigenvalue weighted by atomic mass is 10.0. The van der Waals surface area contributed by atoms with Crippen LogP contribution >= 0.6 is 11.3 Å². The number of aliphatic hydroxyl groups is 1. The molecular formula is C17H19N3OS. The van der Waals surface area contributed by atoms with E-state index >= 15 is 0 Å². The van der Waals surface area contributed by atoms with Crippen molar-refractivity contribution in [3.05, 3.63) is 40.5 Å². The predicted molar refractivity (Wildman–Crippen MR) is 88.3 cm³/mol. The molecule has 0 atom stereocenters. The molecule has 0 bridgehead atoms. The van der Waals surface area contributed by atoms with Crippen molar-refractivity contribution in [2.75, 3.05) is 0 Å². The molecule has 1 aromatic carbocycles. The highest BCUT2D eigenvalue weighted by molar-refractivity contribution is 7.16. The first-order valence-corrected chi connectivity index (χ1v) is 8.58. The van der Waals surface area contributed by atoms with Crippen molar-refractivity contribution in [3.63, 3.8) is 0 Å². The Morgan fingerprint density at radius 1 is 1.27 bits per heavy atom. The van der Waals surface area contributed by atoms with E-state index in [0.29, 0.717) is 11.8 Å². The van der Waals surface area contributed by atoms with E-state index in [1.807, 2.05) is 4.52 Å². The highest BCUT2D eigenvalue weighted by atomic mass is 32.1. The molecule has 0 unspecified atom stereocenters. The number of hydrogen-bond acceptors (Lipinski definition) is 4. The van der Waals surface area contributed by atoms with Gasteiger partial charge in [0.25, 0.3) is 0 Å². The van der Waals surface area contributed by atoms with Gasteiger partial charge in [-0.2, -0.15) is 5.10 Å². The molecule has 1 fully saturated rings. The zero-order valence-electron chi connectivity index (χ0n) is 12.8. The minimum atomic E-state index is -0.0454. The van der Waals surface area contributed by atoms with Crippen molar-refractivity contribution in [1.82, 2.24) is 14.6 Å². The lowest BCUT2D eigenvalue weighted by molar-refractivity contribution is 0.275. The molecule has 0 aliphatic heterocycles. The van der Waals surface area contributed by atoms with Crippen LogP contribution in [0, 0.1) is 0 Å². The van der Waals surface area contributed by atoms with E-state index in [-0.39, 0.29) is 6.61 Å². The normalized spacial score (nSPS) is 15.1. The third-order valence-electron chi connectivity index (χ3n) is 4.24. The molecule has 22 heavy (non-hydrogen) atoms. The lowest BCUT2D eigenvalue weighted by Crippen LogP contribution is -1.96. The second kappa shape index (κ2) is 5.18. The molecule has 0 amide bonds. The summed E-state index contributed by atoms with van der Waals surface area (Å²) in [5.41, 5.74) is 3.98. The second-order valence-corrected chi connectivity index (χ2v) is 7.24. The molecule has 3 aromatic rings. The molecule has 2 aromatic heterocycles. The molecule has 0 saturated heterocycles. The number of aromatic nitrogens is 3. The third-order valence-corrected chi connectivity index (χ3v) is 5.31. The Balaban J connectivity index is 1.78. The van der Waals surface area contributed by atoms with Crippen molar-refractivity contribution >= 4 is 16.3 Å². The summed E-state index contributed by atoms with van der Waals surface area (Å²) < 4.78 is 1.82. The molecule has 2 heterocycles. The minimum Gasteiger partial charge on any atom is -0.390 e. The summed E-state index contributed by atoms with van der Waals surface area (Å²) >= 11 is 1.65. The molecule has 4 nitrogen and oxygen atoms in total. The van der Waals surface area contributed by atoms with Crippen LogP contribution in [0.15, 0.2) is 24.3 Å². The van der Waals surface area contributed by atoms with Gasteiger partial charge in [0.05, 0.1) is 18.0 Å². The lowest BCUT2D eigenvalue weighted by Gasteiger charge is -2.06. The largest absolute Gasteiger partial charge is 0.390 e. The quantitative estimate of drug-likeness (QED) is 0.793. The Labute approximate surface area is 133 Å². The van der Waals surface area contributed by atoms with Crippen molar-refractivity contribution in [2.45, 2.75) is 45.1 Å². The number of rotatable bonds is 4. The summed E-state index contributed by atoms with van der Waals surface area (Å²) in [6, 6.07) is 8.45. The topological polar surface area (TPSA) is 50.4 Å². The molecule has 114 valence electrons. The average molecular weight is 313 g/mol. The number of aliphatic hydroxyl groups excluding tert-OH is 1. The maximum Gasteiger partial charge on any atom is 0.213 e. The predicted octanol–water partition coefficient (Wildman–Crippen LogP) is 3.95. The molecule has 1 aliphatic rings. The Morgan fingerprint density at radius 2 is 2.00 bits per heavy atom. The molecule has 1 N–H and O–H groups in total. The summed E-state index contributed by atoms with van der Waals surface area (Å²) in [5.74, 6) is 1.13. The maximum atomic E-state index is 9.78. The highest BCUT2D eigenvalue weighted by Gasteiger charge is 2.29. The fraction of sp³-hybridized carbons (Fsp3) is 0.412. The van der Waals surface area contributed by atoms with Gasteiger partial charge in [0, 0.05) is 11.5 Å². The van der Waals surface area contributed by atoms with Gasteiger partial charge in [-0.25, -0.2) is 9.50 Å². The van der Waals surface area contributed by atoms with Gasteiger partial charge in [0.1, 0.15) is 5.01 Å². The van der Waals surface area contributed by atoms with Gasteiger partial charge in [-0.15, -0.1) is 0 Å². The zero-order valence-corrected chi connectivity index (χ0v) is 13.6. The first-order chi connectivity index (χ1) is 10.7.